The summed E-state index contributed by atoms with van der Waals surface area (Å²) in [5.74, 6) is -0.864. The molecule has 1 unspecified atom stereocenters. The maximum Gasteiger partial charge on any atom is 0.295 e. The van der Waals surface area contributed by atoms with Gasteiger partial charge in [-0.25, -0.2) is 0 Å². The lowest BCUT2D eigenvalue weighted by molar-refractivity contribution is -0.139. The number of amides is 1. The van der Waals surface area contributed by atoms with Gasteiger partial charge in [-0.1, -0.05) is 35.9 Å². The summed E-state index contributed by atoms with van der Waals surface area (Å²) in [6.45, 7) is 3.62. The Morgan fingerprint density at radius 2 is 1.86 bits per heavy atom. The minimum Gasteiger partial charge on any atom is -0.507 e. The maximum absolute atomic E-state index is 13.1. The molecule has 0 aliphatic carbocycles. The molecule has 1 atom stereocenters. The first-order chi connectivity index (χ1) is 17.3. The smallest absolute Gasteiger partial charge is 0.295 e. The van der Waals surface area contributed by atoms with Crippen molar-refractivity contribution in [3.63, 3.8) is 0 Å². The standard InChI is InChI=1S/C29H31N3O4/c1-20-7-4-8-21(17-20)19-36-24-12-10-22(11-13-24)27(33)25-26(23-9-5-14-30-18-23)32(29(35)28(25)34)16-6-15-31(2)3/h4-5,7-14,17-18,26,33H,6,15-16,19H2,1-3H3. The number of aliphatic hydroxyl groups is 1. The van der Waals surface area contributed by atoms with E-state index in [2.05, 4.69) is 11.1 Å². The molecule has 1 saturated heterocycles. The van der Waals surface area contributed by atoms with Gasteiger partial charge in [0.15, 0.2) is 0 Å². The fourth-order valence-electron chi connectivity index (χ4n) is 4.39. The zero-order valence-corrected chi connectivity index (χ0v) is 20.8. The van der Waals surface area contributed by atoms with E-state index < -0.39 is 17.7 Å². The fourth-order valence-corrected chi connectivity index (χ4v) is 4.39. The van der Waals surface area contributed by atoms with Crippen LogP contribution >= 0.6 is 0 Å². The van der Waals surface area contributed by atoms with E-state index in [1.807, 2.05) is 50.2 Å². The number of hydrogen-bond donors (Lipinski definition) is 1. The van der Waals surface area contributed by atoms with Crippen molar-refractivity contribution < 1.29 is 19.4 Å². The Hall–Kier alpha value is -3.97. The van der Waals surface area contributed by atoms with Gasteiger partial charge in [-0.2, -0.15) is 0 Å². The van der Waals surface area contributed by atoms with Crippen molar-refractivity contribution in [2.75, 3.05) is 27.2 Å². The van der Waals surface area contributed by atoms with Crippen LogP contribution in [0, 0.1) is 6.92 Å². The zero-order chi connectivity index (χ0) is 25.7. The van der Waals surface area contributed by atoms with Gasteiger partial charge < -0.3 is 19.6 Å². The lowest BCUT2D eigenvalue weighted by atomic mass is 9.96. The molecule has 1 amide bonds. The van der Waals surface area contributed by atoms with Crippen molar-refractivity contribution in [3.05, 3.63) is 101 Å². The largest absolute Gasteiger partial charge is 0.507 e. The van der Waals surface area contributed by atoms with Crippen LogP contribution in [0.1, 0.15) is 34.7 Å². The Morgan fingerprint density at radius 3 is 2.53 bits per heavy atom. The monoisotopic (exact) mass is 485 g/mol. The van der Waals surface area contributed by atoms with Gasteiger partial charge in [0.25, 0.3) is 11.7 Å². The number of nitrogens with zero attached hydrogens (tertiary/aromatic N) is 3. The van der Waals surface area contributed by atoms with Crippen LogP contribution < -0.4 is 4.74 Å². The van der Waals surface area contributed by atoms with Gasteiger partial charge >= 0.3 is 0 Å². The summed E-state index contributed by atoms with van der Waals surface area (Å²) in [6.07, 6.45) is 3.96. The van der Waals surface area contributed by atoms with E-state index in [0.29, 0.717) is 36.4 Å². The number of aromatic nitrogens is 1. The first-order valence-electron chi connectivity index (χ1n) is 12.0. The van der Waals surface area contributed by atoms with Crippen LogP contribution in [0.3, 0.4) is 0 Å². The molecule has 0 radical (unpaired) electrons. The molecule has 1 aromatic heterocycles. The number of hydrogen-bond acceptors (Lipinski definition) is 6. The Bertz CT molecular complexity index is 1250. The van der Waals surface area contributed by atoms with Crippen LogP contribution in [0.2, 0.25) is 0 Å². The summed E-state index contributed by atoms with van der Waals surface area (Å²) in [6, 6.07) is 17.9. The predicted octanol–water partition coefficient (Wildman–Crippen LogP) is 4.34. The van der Waals surface area contributed by atoms with Gasteiger partial charge in [-0.05, 0) is 75.4 Å². The molecular weight excluding hydrogens is 454 g/mol. The van der Waals surface area contributed by atoms with Crippen molar-refractivity contribution in [2.45, 2.75) is 26.0 Å². The highest BCUT2D eigenvalue weighted by atomic mass is 16.5. The Labute approximate surface area is 211 Å². The van der Waals surface area contributed by atoms with Gasteiger partial charge in [0.05, 0.1) is 11.6 Å². The highest BCUT2D eigenvalue weighted by Crippen LogP contribution is 2.39. The van der Waals surface area contributed by atoms with E-state index in [0.717, 1.165) is 17.7 Å². The second-order valence-corrected chi connectivity index (χ2v) is 9.24. The third-order valence-corrected chi connectivity index (χ3v) is 6.16. The molecule has 1 aliphatic heterocycles. The molecule has 2 heterocycles. The summed E-state index contributed by atoms with van der Waals surface area (Å²) in [7, 11) is 3.92. The van der Waals surface area contributed by atoms with Gasteiger partial charge in [-0.15, -0.1) is 0 Å². The highest BCUT2D eigenvalue weighted by molar-refractivity contribution is 6.46. The van der Waals surface area contributed by atoms with Crippen molar-refractivity contribution in [2.24, 2.45) is 0 Å². The normalized spacial score (nSPS) is 17.1. The number of aryl methyl sites for hydroxylation is 1. The summed E-state index contributed by atoms with van der Waals surface area (Å²) >= 11 is 0. The number of ether oxygens (including phenoxy) is 1. The highest BCUT2D eigenvalue weighted by Gasteiger charge is 2.45. The van der Waals surface area contributed by atoms with Crippen LogP contribution in [0.25, 0.3) is 5.76 Å². The molecule has 7 heteroatoms. The van der Waals surface area contributed by atoms with Gasteiger partial charge in [0, 0.05) is 24.5 Å². The molecule has 0 spiro atoms. The molecule has 2 aromatic carbocycles. The Balaban J connectivity index is 1.60. The number of pyridine rings is 1. The molecule has 186 valence electrons. The maximum atomic E-state index is 13.1. The summed E-state index contributed by atoms with van der Waals surface area (Å²) < 4.78 is 5.88. The van der Waals surface area contributed by atoms with Gasteiger partial charge in [0.1, 0.15) is 18.1 Å². The molecular formula is C29H31N3O4. The Morgan fingerprint density at radius 1 is 1.08 bits per heavy atom. The van der Waals surface area contributed by atoms with E-state index in [1.165, 1.54) is 4.90 Å². The van der Waals surface area contributed by atoms with Gasteiger partial charge in [-0.3, -0.25) is 14.6 Å². The predicted molar refractivity (Wildman–Crippen MR) is 138 cm³/mol. The molecule has 1 N–H and O–H groups in total. The average molecular weight is 486 g/mol. The molecule has 1 fully saturated rings. The third-order valence-electron chi connectivity index (χ3n) is 6.16. The summed E-state index contributed by atoms with van der Waals surface area (Å²) in [5.41, 5.74) is 3.43. The summed E-state index contributed by atoms with van der Waals surface area (Å²) in [4.78, 5) is 33.8. The molecule has 7 nitrogen and oxygen atoms in total. The van der Waals surface area contributed by atoms with Crippen LogP contribution in [-0.4, -0.2) is 58.8 Å². The number of rotatable bonds is 9. The zero-order valence-electron chi connectivity index (χ0n) is 20.8. The lowest BCUT2D eigenvalue weighted by Crippen LogP contribution is -2.32. The number of likely N-dealkylation sites (tertiary alicyclic amines) is 1. The molecule has 36 heavy (non-hydrogen) atoms. The quantitative estimate of drug-likeness (QED) is 0.276. The minimum atomic E-state index is -0.696. The van der Waals surface area contributed by atoms with Crippen molar-refractivity contribution in [1.82, 2.24) is 14.8 Å². The number of carbonyl (C=O) groups is 2. The van der Waals surface area contributed by atoms with E-state index >= 15 is 0 Å². The molecule has 4 rings (SSSR count). The van der Waals surface area contributed by atoms with E-state index in [9.17, 15) is 14.7 Å². The second kappa shape index (κ2) is 11.2. The van der Waals surface area contributed by atoms with Crippen molar-refractivity contribution >= 4 is 17.4 Å². The van der Waals surface area contributed by atoms with Crippen molar-refractivity contribution in [1.29, 1.82) is 0 Å². The summed E-state index contributed by atoms with van der Waals surface area (Å²) in [5, 5.41) is 11.2. The van der Waals surface area contributed by atoms with Crippen LogP contribution in [0.15, 0.2) is 78.6 Å². The van der Waals surface area contributed by atoms with Crippen molar-refractivity contribution in [3.8, 4) is 5.75 Å². The minimum absolute atomic E-state index is 0.0753. The molecule has 1 aliphatic rings. The number of carbonyl (C=O) groups excluding carboxylic acids is 2. The van der Waals surface area contributed by atoms with Crippen LogP contribution in [-0.2, 0) is 16.2 Å². The number of benzene rings is 2. The Kier molecular flexibility index (Phi) is 7.80. The molecule has 3 aromatic rings. The van der Waals surface area contributed by atoms with Crippen LogP contribution in [0.4, 0.5) is 0 Å². The first-order valence-corrected chi connectivity index (χ1v) is 12.0. The lowest BCUT2D eigenvalue weighted by Gasteiger charge is -2.25. The first kappa shape index (κ1) is 25.1. The average Bonchev–Trinajstić information content (AvgIpc) is 3.13. The SMILES string of the molecule is Cc1cccc(COc2ccc(C(O)=C3C(=O)C(=O)N(CCCN(C)C)C3c3cccnc3)cc2)c1. The number of ketones is 1. The van der Waals surface area contributed by atoms with Gasteiger partial charge in [0.2, 0.25) is 0 Å². The number of Topliss-reactive ketones (excluding diaryl/α,β-unsaturated/α-hetero) is 1. The van der Waals surface area contributed by atoms with Crippen LogP contribution in [0.5, 0.6) is 5.75 Å². The third kappa shape index (κ3) is 5.63. The fraction of sp³-hybridized carbons (Fsp3) is 0.276. The van der Waals surface area contributed by atoms with E-state index in [4.69, 9.17) is 4.74 Å². The molecule has 0 saturated carbocycles. The second-order valence-electron chi connectivity index (χ2n) is 9.24. The number of aliphatic hydroxyl groups excluding tert-OH is 1. The van der Waals surface area contributed by atoms with E-state index in [-0.39, 0.29) is 11.3 Å². The molecule has 0 bridgehead atoms. The topological polar surface area (TPSA) is 83.0 Å². The van der Waals surface area contributed by atoms with E-state index in [1.54, 1.807) is 42.7 Å².